The van der Waals surface area contributed by atoms with Gasteiger partial charge in [0, 0.05) is 6.04 Å². The first kappa shape index (κ1) is 14.5. The summed E-state index contributed by atoms with van der Waals surface area (Å²) in [6.07, 6.45) is 5.23. The maximum atomic E-state index is 12.4. The lowest BCUT2D eigenvalue weighted by Crippen LogP contribution is -2.55. The topological polar surface area (TPSA) is 41.1 Å². The minimum Gasteiger partial charge on any atom is -0.352 e. The Morgan fingerprint density at radius 1 is 1.35 bits per heavy atom. The van der Waals surface area contributed by atoms with Crippen molar-refractivity contribution in [1.82, 2.24) is 10.6 Å². The average Bonchev–Trinajstić information content (AvgIpc) is 2.80. The fourth-order valence-corrected chi connectivity index (χ4v) is 2.92. The molecule has 0 radical (unpaired) electrons. The van der Waals surface area contributed by atoms with Crippen LogP contribution in [0.5, 0.6) is 0 Å². The van der Waals surface area contributed by atoms with Crippen molar-refractivity contribution in [3.63, 3.8) is 0 Å². The van der Waals surface area contributed by atoms with Gasteiger partial charge in [-0.05, 0) is 38.6 Å². The molecule has 100 valence electrons. The van der Waals surface area contributed by atoms with Crippen LogP contribution >= 0.6 is 0 Å². The van der Waals surface area contributed by atoms with E-state index in [1.54, 1.807) is 0 Å². The van der Waals surface area contributed by atoms with Crippen LogP contribution in [0.3, 0.4) is 0 Å². The zero-order valence-corrected chi connectivity index (χ0v) is 11.8. The number of hydrogen-bond donors (Lipinski definition) is 2. The first-order valence-corrected chi connectivity index (χ1v) is 7.15. The highest BCUT2D eigenvalue weighted by atomic mass is 16.2. The monoisotopic (exact) mass is 240 g/mol. The molecule has 0 aromatic heterocycles. The van der Waals surface area contributed by atoms with Crippen molar-refractivity contribution in [2.75, 3.05) is 6.54 Å². The summed E-state index contributed by atoms with van der Waals surface area (Å²) >= 11 is 0. The summed E-state index contributed by atoms with van der Waals surface area (Å²) in [5.74, 6) is 0.797. The van der Waals surface area contributed by atoms with E-state index in [1.807, 2.05) is 0 Å². The van der Waals surface area contributed by atoms with Gasteiger partial charge in [0.05, 0.1) is 5.54 Å². The van der Waals surface area contributed by atoms with Crippen LogP contribution in [0.25, 0.3) is 0 Å². The van der Waals surface area contributed by atoms with Gasteiger partial charge in [0.1, 0.15) is 0 Å². The molecule has 17 heavy (non-hydrogen) atoms. The second-order valence-corrected chi connectivity index (χ2v) is 5.30. The summed E-state index contributed by atoms with van der Waals surface area (Å²) in [5.41, 5.74) is -0.291. The fourth-order valence-electron chi connectivity index (χ4n) is 2.92. The van der Waals surface area contributed by atoms with E-state index in [0.717, 1.165) is 38.6 Å². The van der Waals surface area contributed by atoms with Gasteiger partial charge in [-0.1, -0.05) is 33.6 Å². The van der Waals surface area contributed by atoms with Crippen LogP contribution in [0.15, 0.2) is 0 Å². The van der Waals surface area contributed by atoms with Crippen molar-refractivity contribution in [3.8, 4) is 0 Å². The number of carbonyl (C=O) groups is 1. The number of nitrogens with one attached hydrogen (secondary N) is 2. The molecule has 1 aliphatic heterocycles. The Labute approximate surface area is 106 Å². The van der Waals surface area contributed by atoms with Gasteiger partial charge in [-0.3, -0.25) is 4.79 Å². The quantitative estimate of drug-likeness (QED) is 0.749. The summed E-state index contributed by atoms with van der Waals surface area (Å²) in [5, 5.41) is 6.60. The summed E-state index contributed by atoms with van der Waals surface area (Å²) < 4.78 is 0. The van der Waals surface area contributed by atoms with Crippen molar-refractivity contribution in [2.45, 2.75) is 71.4 Å². The van der Waals surface area contributed by atoms with Gasteiger partial charge in [0.25, 0.3) is 0 Å². The van der Waals surface area contributed by atoms with E-state index < -0.39 is 0 Å². The first-order chi connectivity index (χ1) is 8.09. The molecule has 0 aromatic carbocycles. The van der Waals surface area contributed by atoms with Crippen molar-refractivity contribution in [1.29, 1.82) is 0 Å². The second kappa shape index (κ2) is 6.39. The van der Waals surface area contributed by atoms with Crippen molar-refractivity contribution in [3.05, 3.63) is 0 Å². The van der Waals surface area contributed by atoms with Gasteiger partial charge in [-0.2, -0.15) is 0 Å². The Kier molecular flexibility index (Phi) is 5.44. The third-order valence-corrected chi connectivity index (χ3v) is 4.40. The average molecular weight is 240 g/mol. The summed E-state index contributed by atoms with van der Waals surface area (Å²) in [6, 6.07) is 0.281. The van der Waals surface area contributed by atoms with Crippen LogP contribution in [-0.4, -0.2) is 24.0 Å². The third-order valence-electron chi connectivity index (χ3n) is 4.40. The Morgan fingerprint density at radius 2 is 2.00 bits per heavy atom. The van der Waals surface area contributed by atoms with Gasteiger partial charge in [-0.25, -0.2) is 0 Å². The molecule has 1 rings (SSSR count). The van der Waals surface area contributed by atoms with Crippen LogP contribution in [0.1, 0.15) is 59.8 Å². The van der Waals surface area contributed by atoms with Crippen LogP contribution in [0.4, 0.5) is 0 Å². The molecule has 1 fully saturated rings. The Balaban J connectivity index is 2.58. The molecular formula is C14H28N2O. The smallest absolute Gasteiger partial charge is 0.240 e. The molecule has 1 saturated heterocycles. The van der Waals surface area contributed by atoms with E-state index in [1.165, 1.54) is 0 Å². The van der Waals surface area contributed by atoms with E-state index in [9.17, 15) is 4.79 Å². The van der Waals surface area contributed by atoms with Crippen LogP contribution in [0.2, 0.25) is 0 Å². The van der Waals surface area contributed by atoms with Crippen LogP contribution in [-0.2, 0) is 4.79 Å². The van der Waals surface area contributed by atoms with E-state index in [0.29, 0.717) is 5.92 Å². The second-order valence-electron chi connectivity index (χ2n) is 5.30. The Bertz CT molecular complexity index is 243. The van der Waals surface area contributed by atoms with Crippen LogP contribution in [0, 0.1) is 5.92 Å². The van der Waals surface area contributed by atoms with E-state index in [4.69, 9.17) is 0 Å². The first-order valence-electron chi connectivity index (χ1n) is 7.15. The lowest BCUT2D eigenvalue weighted by Gasteiger charge is -2.31. The molecule has 0 spiro atoms. The van der Waals surface area contributed by atoms with Crippen molar-refractivity contribution in [2.24, 2.45) is 5.92 Å². The Hall–Kier alpha value is -0.570. The summed E-state index contributed by atoms with van der Waals surface area (Å²) in [4.78, 5) is 12.4. The predicted octanol–water partition coefficient (Wildman–Crippen LogP) is 2.46. The number of carbonyl (C=O) groups excluding carboxylic acids is 1. The molecule has 3 heteroatoms. The Morgan fingerprint density at radius 3 is 2.41 bits per heavy atom. The van der Waals surface area contributed by atoms with E-state index in [-0.39, 0.29) is 17.5 Å². The molecule has 1 amide bonds. The third kappa shape index (κ3) is 3.21. The molecule has 2 N–H and O–H groups in total. The molecule has 0 bridgehead atoms. The van der Waals surface area contributed by atoms with E-state index >= 15 is 0 Å². The minimum absolute atomic E-state index is 0.205. The van der Waals surface area contributed by atoms with Gasteiger partial charge in [-0.15, -0.1) is 0 Å². The SMILES string of the molecule is CCC(CC)C(C)NC(=O)C1(CC)CCCN1. The molecular weight excluding hydrogens is 212 g/mol. The zero-order chi connectivity index (χ0) is 12.9. The summed E-state index contributed by atoms with van der Waals surface area (Å²) in [6.45, 7) is 9.59. The molecule has 2 unspecified atom stereocenters. The number of hydrogen-bond acceptors (Lipinski definition) is 2. The largest absolute Gasteiger partial charge is 0.352 e. The number of amides is 1. The highest BCUT2D eigenvalue weighted by Gasteiger charge is 2.39. The predicted molar refractivity (Wildman–Crippen MR) is 71.9 cm³/mol. The molecule has 3 nitrogen and oxygen atoms in total. The van der Waals surface area contributed by atoms with Crippen molar-refractivity contribution < 1.29 is 4.79 Å². The molecule has 0 aliphatic carbocycles. The molecule has 2 atom stereocenters. The normalized spacial score (nSPS) is 26.2. The zero-order valence-electron chi connectivity index (χ0n) is 11.8. The lowest BCUT2D eigenvalue weighted by atomic mass is 9.90. The number of rotatable bonds is 6. The maximum absolute atomic E-state index is 12.4. The van der Waals surface area contributed by atoms with E-state index in [2.05, 4.69) is 38.3 Å². The lowest BCUT2D eigenvalue weighted by molar-refractivity contribution is -0.128. The van der Waals surface area contributed by atoms with Crippen LogP contribution < -0.4 is 10.6 Å². The van der Waals surface area contributed by atoms with Crippen molar-refractivity contribution >= 4 is 5.91 Å². The summed E-state index contributed by atoms with van der Waals surface area (Å²) in [7, 11) is 0. The van der Waals surface area contributed by atoms with Gasteiger partial charge < -0.3 is 10.6 Å². The highest BCUT2D eigenvalue weighted by molar-refractivity contribution is 5.86. The highest BCUT2D eigenvalue weighted by Crippen LogP contribution is 2.24. The van der Waals surface area contributed by atoms with Gasteiger partial charge in [0.2, 0.25) is 5.91 Å². The maximum Gasteiger partial charge on any atom is 0.240 e. The molecule has 0 saturated carbocycles. The molecule has 0 aromatic rings. The standard InChI is InChI=1S/C14H28N2O/c1-5-12(6-2)11(4)16-13(17)14(7-3)9-8-10-15-14/h11-12,15H,5-10H2,1-4H3,(H,16,17). The van der Waals surface area contributed by atoms with Gasteiger partial charge >= 0.3 is 0 Å². The minimum atomic E-state index is -0.291. The molecule has 1 aliphatic rings. The fraction of sp³-hybridized carbons (Fsp3) is 0.929. The van der Waals surface area contributed by atoms with Gasteiger partial charge in [0.15, 0.2) is 0 Å². The molecule has 1 heterocycles.